The summed E-state index contributed by atoms with van der Waals surface area (Å²) < 4.78 is 0. The highest BCUT2D eigenvalue weighted by Crippen LogP contribution is 2.05. The molecule has 0 saturated carbocycles. The minimum atomic E-state index is -0.459. The molecule has 0 saturated heterocycles. The number of benzene rings is 1. The quantitative estimate of drug-likeness (QED) is 0.735. The molecule has 4 heteroatoms. The molecule has 0 atom stereocenters. The lowest BCUT2D eigenvalue weighted by molar-refractivity contribution is 0.103. The predicted molar refractivity (Wildman–Crippen MR) is 54.7 cm³/mol. The van der Waals surface area contributed by atoms with Gasteiger partial charge in [0.1, 0.15) is 0 Å². The van der Waals surface area contributed by atoms with Crippen LogP contribution in [0.3, 0.4) is 0 Å². The van der Waals surface area contributed by atoms with Crippen LogP contribution in [0.4, 0.5) is 0 Å². The number of aromatic amines is 1. The van der Waals surface area contributed by atoms with Gasteiger partial charge in [-0.15, -0.1) is 0 Å². The number of hydrogen-bond donors (Lipinski definition) is 1. The van der Waals surface area contributed by atoms with Crippen LogP contribution < -0.4 is 5.69 Å². The first-order chi connectivity index (χ1) is 7.27. The summed E-state index contributed by atoms with van der Waals surface area (Å²) in [5.74, 6) is -0.153. The van der Waals surface area contributed by atoms with Gasteiger partial charge < -0.3 is 4.98 Å². The Kier molecular flexibility index (Phi) is 2.41. The van der Waals surface area contributed by atoms with Crippen molar-refractivity contribution >= 4 is 5.78 Å². The summed E-state index contributed by atoms with van der Waals surface area (Å²) in [7, 11) is 0. The van der Waals surface area contributed by atoms with Gasteiger partial charge in [0.15, 0.2) is 5.78 Å². The Morgan fingerprint density at radius 1 is 1.13 bits per heavy atom. The van der Waals surface area contributed by atoms with Crippen molar-refractivity contribution in [2.24, 2.45) is 0 Å². The van der Waals surface area contributed by atoms with Crippen molar-refractivity contribution in [2.45, 2.75) is 0 Å². The molecule has 0 fully saturated rings. The summed E-state index contributed by atoms with van der Waals surface area (Å²) >= 11 is 0. The van der Waals surface area contributed by atoms with Gasteiger partial charge in [-0.3, -0.25) is 4.79 Å². The number of hydrogen-bond acceptors (Lipinski definition) is 3. The molecule has 0 aliphatic rings. The van der Waals surface area contributed by atoms with Crippen LogP contribution in [-0.4, -0.2) is 15.8 Å². The summed E-state index contributed by atoms with van der Waals surface area (Å²) in [5, 5.41) is 0. The third-order valence-corrected chi connectivity index (χ3v) is 1.97. The van der Waals surface area contributed by atoms with E-state index in [0.717, 1.165) is 0 Å². The van der Waals surface area contributed by atoms with E-state index < -0.39 is 5.69 Å². The molecule has 1 heterocycles. The first kappa shape index (κ1) is 9.33. The molecule has 0 unspecified atom stereocenters. The van der Waals surface area contributed by atoms with Crippen LogP contribution in [0.2, 0.25) is 0 Å². The van der Waals surface area contributed by atoms with E-state index >= 15 is 0 Å². The summed E-state index contributed by atoms with van der Waals surface area (Å²) in [5.41, 5.74) is 0.492. The molecule has 15 heavy (non-hydrogen) atoms. The lowest BCUT2D eigenvalue weighted by Crippen LogP contribution is -2.12. The van der Waals surface area contributed by atoms with Gasteiger partial charge in [0.25, 0.3) is 0 Å². The molecular weight excluding hydrogens is 192 g/mol. The predicted octanol–water partition coefficient (Wildman–Crippen LogP) is 1.00. The number of rotatable bonds is 2. The fourth-order valence-corrected chi connectivity index (χ4v) is 1.22. The van der Waals surface area contributed by atoms with Crippen LogP contribution in [-0.2, 0) is 0 Å². The lowest BCUT2D eigenvalue weighted by Gasteiger charge is -1.98. The summed E-state index contributed by atoms with van der Waals surface area (Å²) in [6.45, 7) is 0. The molecule has 0 amide bonds. The summed E-state index contributed by atoms with van der Waals surface area (Å²) in [6, 6.07) is 8.83. The molecule has 1 aromatic carbocycles. The fourth-order valence-electron chi connectivity index (χ4n) is 1.22. The largest absolute Gasteiger partial charge is 0.344 e. The third kappa shape index (κ3) is 1.99. The number of ketones is 1. The van der Waals surface area contributed by atoms with Gasteiger partial charge in [-0.05, 0) is 0 Å². The Hall–Kier alpha value is -2.23. The Bertz CT molecular complexity index is 511. The smallest absolute Gasteiger partial charge is 0.312 e. The molecule has 0 bridgehead atoms. The number of aromatic nitrogens is 2. The number of carbonyl (C=O) groups is 1. The van der Waals surface area contributed by atoms with Gasteiger partial charge in [-0.25, -0.2) is 9.78 Å². The van der Waals surface area contributed by atoms with Crippen LogP contribution in [0.25, 0.3) is 0 Å². The minimum absolute atomic E-state index is 0.153. The maximum atomic E-state index is 11.8. The second-order valence-electron chi connectivity index (χ2n) is 3.00. The van der Waals surface area contributed by atoms with E-state index in [4.69, 9.17) is 0 Å². The van der Waals surface area contributed by atoms with Crippen molar-refractivity contribution in [1.82, 2.24) is 9.97 Å². The Labute approximate surface area is 85.6 Å². The molecule has 4 nitrogen and oxygen atoms in total. The zero-order valence-electron chi connectivity index (χ0n) is 7.81. The van der Waals surface area contributed by atoms with Gasteiger partial charge >= 0.3 is 5.69 Å². The zero-order valence-corrected chi connectivity index (χ0v) is 7.81. The molecule has 0 aliphatic heterocycles. The average Bonchev–Trinajstić information content (AvgIpc) is 2.30. The van der Waals surface area contributed by atoms with Crippen LogP contribution >= 0.6 is 0 Å². The van der Waals surface area contributed by atoms with Crippen molar-refractivity contribution in [3.05, 3.63) is 64.3 Å². The van der Waals surface area contributed by atoms with Crippen molar-refractivity contribution in [2.75, 3.05) is 0 Å². The topological polar surface area (TPSA) is 62.8 Å². The summed E-state index contributed by atoms with van der Waals surface area (Å²) in [4.78, 5) is 28.4. The number of H-pyrrole nitrogens is 1. The molecule has 2 rings (SSSR count). The SMILES string of the molecule is O=C(c1ccccc1)c1cnc(=O)[nH]c1. The summed E-state index contributed by atoms with van der Waals surface area (Å²) in [6.07, 6.45) is 2.64. The molecule has 0 aliphatic carbocycles. The number of nitrogens with zero attached hydrogens (tertiary/aromatic N) is 1. The highest BCUT2D eigenvalue weighted by Gasteiger charge is 2.08. The molecule has 1 N–H and O–H groups in total. The second kappa shape index (κ2) is 3.88. The Morgan fingerprint density at radius 2 is 1.87 bits per heavy atom. The zero-order chi connectivity index (χ0) is 10.7. The molecule has 1 aromatic heterocycles. The van der Waals surface area contributed by atoms with E-state index in [9.17, 15) is 9.59 Å². The Morgan fingerprint density at radius 3 is 2.47 bits per heavy atom. The van der Waals surface area contributed by atoms with E-state index in [1.165, 1.54) is 12.4 Å². The molecular formula is C11H8N2O2. The first-order valence-corrected chi connectivity index (χ1v) is 4.42. The maximum absolute atomic E-state index is 11.8. The average molecular weight is 200 g/mol. The standard InChI is InChI=1S/C11H8N2O2/c14-10(8-4-2-1-3-5-8)9-6-12-11(15)13-7-9/h1-7H,(H,12,13,15). The molecule has 2 aromatic rings. The molecule has 0 spiro atoms. The van der Waals surface area contributed by atoms with E-state index in [0.29, 0.717) is 11.1 Å². The van der Waals surface area contributed by atoms with Crippen LogP contribution in [0.5, 0.6) is 0 Å². The Balaban J connectivity index is 2.37. The maximum Gasteiger partial charge on any atom is 0.344 e. The fraction of sp³-hybridized carbons (Fsp3) is 0. The third-order valence-electron chi connectivity index (χ3n) is 1.97. The van der Waals surface area contributed by atoms with Gasteiger partial charge in [-0.1, -0.05) is 30.3 Å². The first-order valence-electron chi connectivity index (χ1n) is 4.42. The van der Waals surface area contributed by atoms with E-state index in [1.54, 1.807) is 24.3 Å². The van der Waals surface area contributed by atoms with Gasteiger partial charge in [0.05, 0.1) is 5.56 Å². The van der Waals surface area contributed by atoms with Crippen LogP contribution in [0.1, 0.15) is 15.9 Å². The van der Waals surface area contributed by atoms with Gasteiger partial charge in [0.2, 0.25) is 0 Å². The van der Waals surface area contributed by atoms with Crippen molar-refractivity contribution in [3.63, 3.8) is 0 Å². The number of nitrogens with one attached hydrogen (secondary N) is 1. The highest BCUT2D eigenvalue weighted by molar-refractivity contribution is 6.08. The minimum Gasteiger partial charge on any atom is -0.312 e. The van der Waals surface area contributed by atoms with Crippen molar-refractivity contribution in [3.8, 4) is 0 Å². The highest BCUT2D eigenvalue weighted by atomic mass is 16.1. The lowest BCUT2D eigenvalue weighted by atomic mass is 10.1. The van der Waals surface area contributed by atoms with E-state index in [-0.39, 0.29) is 5.78 Å². The number of carbonyl (C=O) groups excluding carboxylic acids is 1. The molecule has 0 radical (unpaired) electrons. The van der Waals surface area contributed by atoms with Crippen LogP contribution in [0.15, 0.2) is 47.5 Å². The van der Waals surface area contributed by atoms with Crippen molar-refractivity contribution in [1.29, 1.82) is 0 Å². The normalized spacial score (nSPS) is 9.87. The monoisotopic (exact) mass is 200 g/mol. The van der Waals surface area contributed by atoms with Gasteiger partial charge in [0, 0.05) is 18.0 Å². The van der Waals surface area contributed by atoms with E-state index in [1.807, 2.05) is 6.07 Å². The van der Waals surface area contributed by atoms with Crippen molar-refractivity contribution < 1.29 is 4.79 Å². The molecule has 74 valence electrons. The van der Waals surface area contributed by atoms with Gasteiger partial charge in [-0.2, -0.15) is 0 Å². The second-order valence-corrected chi connectivity index (χ2v) is 3.00. The van der Waals surface area contributed by atoms with E-state index in [2.05, 4.69) is 9.97 Å². The van der Waals surface area contributed by atoms with Crippen LogP contribution in [0, 0.1) is 0 Å².